The fraction of sp³-hybridized carbons (Fsp3) is 0.150. The average Bonchev–Trinajstić information content (AvgIpc) is 3.01. The molecular formula is C20H19Cl2N3. The maximum absolute atomic E-state index is 6.26. The number of aromatic nitrogens is 2. The van der Waals surface area contributed by atoms with E-state index in [4.69, 9.17) is 23.1 Å². The maximum Gasteiger partial charge on any atom is 0.0968 e. The van der Waals surface area contributed by atoms with E-state index in [1.165, 1.54) is 0 Å². The largest absolute Gasteiger partial charge is 0.302 e. The summed E-state index contributed by atoms with van der Waals surface area (Å²) in [6.45, 7) is 1.84. The fourth-order valence-corrected chi connectivity index (χ4v) is 2.78. The SMILES string of the molecule is C#CCNCc1cn(Cc2ccccc2Cl)nc1-c1ccccc1.Cl. The van der Waals surface area contributed by atoms with Crippen LogP contribution in [0.25, 0.3) is 11.3 Å². The summed E-state index contributed by atoms with van der Waals surface area (Å²) in [4.78, 5) is 0. The second-order valence-electron chi connectivity index (χ2n) is 5.47. The average molecular weight is 372 g/mol. The van der Waals surface area contributed by atoms with Crippen molar-refractivity contribution < 1.29 is 0 Å². The summed E-state index contributed by atoms with van der Waals surface area (Å²) >= 11 is 6.26. The van der Waals surface area contributed by atoms with Crippen molar-refractivity contribution in [3.05, 3.63) is 76.9 Å². The van der Waals surface area contributed by atoms with Crippen molar-refractivity contribution in [2.45, 2.75) is 13.1 Å². The molecule has 1 N–H and O–H groups in total. The molecule has 0 aliphatic rings. The van der Waals surface area contributed by atoms with Crippen LogP contribution in [0.1, 0.15) is 11.1 Å². The first kappa shape index (κ1) is 19.1. The third-order valence-electron chi connectivity index (χ3n) is 3.72. The molecule has 3 rings (SSSR count). The van der Waals surface area contributed by atoms with Crippen molar-refractivity contribution >= 4 is 24.0 Å². The lowest BCUT2D eigenvalue weighted by molar-refractivity contribution is 0.686. The van der Waals surface area contributed by atoms with Crippen LogP contribution in [0.15, 0.2) is 60.8 Å². The first-order chi connectivity index (χ1) is 11.8. The molecule has 3 aromatic rings. The maximum atomic E-state index is 6.26. The molecule has 0 aliphatic heterocycles. The molecule has 25 heavy (non-hydrogen) atoms. The zero-order valence-electron chi connectivity index (χ0n) is 13.7. The Kier molecular flexibility index (Phi) is 7.09. The summed E-state index contributed by atoms with van der Waals surface area (Å²) in [7, 11) is 0. The Bertz CT molecular complexity index is 851. The van der Waals surface area contributed by atoms with Gasteiger partial charge in [-0.1, -0.05) is 66.1 Å². The van der Waals surface area contributed by atoms with Crippen molar-refractivity contribution in [1.82, 2.24) is 15.1 Å². The number of benzene rings is 2. The highest BCUT2D eigenvalue weighted by Gasteiger charge is 2.11. The molecule has 5 heteroatoms. The number of hydrogen-bond acceptors (Lipinski definition) is 2. The topological polar surface area (TPSA) is 29.9 Å². The molecule has 3 nitrogen and oxygen atoms in total. The quantitative estimate of drug-likeness (QED) is 0.514. The van der Waals surface area contributed by atoms with Crippen molar-refractivity contribution in [2.75, 3.05) is 6.54 Å². The third kappa shape index (κ3) is 4.87. The molecule has 0 bridgehead atoms. The summed E-state index contributed by atoms with van der Waals surface area (Å²) < 4.78 is 1.93. The Labute approximate surface area is 159 Å². The second-order valence-corrected chi connectivity index (χ2v) is 5.87. The van der Waals surface area contributed by atoms with E-state index < -0.39 is 0 Å². The van der Waals surface area contributed by atoms with Crippen LogP contribution in [-0.2, 0) is 13.1 Å². The zero-order chi connectivity index (χ0) is 16.8. The summed E-state index contributed by atoms with van der Waals surface area (Å²) in [6, 6.07) is 18.0. The Morgan fingerprint density at radius 1 is 1.04 bits per heavy atom. The summed E-state index contributed by atoms with van der Waals surface area (Å²) in [5.41, 5.74) is 4.22. The highest BCUT2D eigenvalue weighted by Crippen LogP contribution is 2.23. The molecule has 0 atom stereocenters. The molecule has 0 saturated carbocycles. The number of rotatable bonds is 6. The van der Waals surface area contributed by atoms with Crippen LogP contribution in [-0.4, -0.2) is 16.3 Å². The highest BCUT2D eigenvalue weighted by molar-refractivity contribution is 6.31. The minimum atomic E-state index is 0. The third-order valence-corrected chi connectivity index (χ3v) is 4.09. The van der Waals surface area contributed by atoms with E-state index in [2.05, 4.69) is 29.6 Å². The lowest BCUT2D eigenvalue weighted by Crippen LogP contribution is -2.13. The molecule has 0 aliphatic carbocycles. The van der Waals surface area contributed by atoms with Crippen LogP contribution in [0.3, 0.4) is 0 Å². The molecule has 1 heterocycles. The molecule has 0 fully saturated rings. The van der Waals surface area contributed by atoms with Crippen molar-refractivity contribution in [2.24, 2.45) is 0 Å². The van der Waals surface area contributed by atoms with Crippen LogP contribution < -0.4 is 5.32 Å². The molecule has 0 radical (unpaired) electrons. The van der Waals surface area contributed by atoms with Crippen molar-refractivity contribution in [3.63, 3.8) is 0 Å². The van der Waals surface area contributed by atoms with Gasteiger partial charge < -0.3 is 5.32 Å². The number of hydrogen-bond donors (Lipinski definition) is 1. The van der Waals surface area contributed by atoms with E-state index in [1.807, 2.05) is 47.1 Å². The van der Waals surface area contributed by atoms with E-state index in [1.54, 1.807) is 0 Å². The lowest BCUT2D eigenvalue weighted by atomic mass is 10.1. The van der Waals surface area contributed by atoms with Gasteiger partial charge in [-0.2, -0.15) is 5.10 Å². The van der Waals surface area contributed by atoms with Crippen LogP contribution in [0.5, 0.6) is 0 Å². The van der Waals surface area contributed by atoms with Crippen molar-refractivity contribution in [3.8, 4) is 23.6 Å². The number of halogens is 2. The lowest BCUT2D eigenvalue weighted by Gasteiger charge is -2.04. The summed E-state index contributed by atoms with van der Waals surface area (Å²) in [5, 5.41) is 8.75. The second kappa shape index (κ2) is 9.29. The first-order valence-corrected chi connectivity index (χ1v) is 8.15. The van der Waals surface area contributed by atoms with Crippen LogP contribution >= 0.6 is 24.0 Å². The van der Waals surface area contributed by atoms with Gasteiger partial charge in [-0.15, -0.1) is 18.8 Å². The monoisotopic (exact) mass is 371 g/mol. The zero-order valence-corrected chi connectivity index (χ0v) is 15.2. The summed E-state index contributed by atoms with van der Waals surface area (Å²) in [5.74, 6) is 2.60. The van der Waals surface area contributed by atoms with Crippen molar-refractivity contribution in [1.29, 1.82) is 0 Å². The molecule has 128 valence electrons. The normalized spacial score (nSPS) is 10.1. The number of nitrogens with zero attached hydrogens (tertiary/aromatic N) is 2. The molecule has 0 spiro atoms. The van der Waals surface area contributed by atoms with Crippen LogP contribution in [0.4, 0.5) is 0 Å². The van der Waals surface area contributed by atoms with Crippen LogP contribution in [0, 0.1) is 12.3 Å². The van der Waals surface area contributed by atoms with Gasteiger partial charge in [0.25, 0.3) is 0 Å². The Balaban J connectivity index is 0.00000225. The Morgan fingerprint density at radius 3 is 2.48 bits per heavy atom. The van der Waals surface area contributed by atoms with Gasteiger partial charge in [-0.3, -0.25) is 4.68 Å². The van der Waals surface area contributed by atoms with E-state index in [9.17, 15) is 0 Å². The number of terminal acetylenes is 1. The van der Waals surface area contributed by atoms with E-state index >= 15 is 0 Å². The van der Waals surface area contributed by atoms with E-state index in [0.717, 1.165) is 27.4 Å². The summed E-state index contributed by atoms with van der Waals surface area (Å²) in [6.07, 6.45) is 7.37. The first-order valence-electron chi connectivity index (χ1n) is 7.77. The molecule has 0 amide bonds. The minimum absolute atomic E-state index is 0. The van der Waals surface area contributed by atoms with Gasteiger partial charge in [0, 0.05) is 28.9 Å². The predicted molar refractivity (Wildman–Crippen MR) is 106 cm³/mol. The van der Waals surface area contributed by atoms with Gasteiger partial charge in [0.05, 0.1) is 18.8 Å². The highest BCUT2D eigenvalue weighted by atomic mass is 35.5. The van der Waals surface area contributed by atoms with Gasteiger partial charge >= 0.3 is 0 Å². The van der Waals surface area contributed by atoms with Gasteiger partial charge in [-0.05, 0) is 11.6 Å². The number of nitrogens with one attached hydrogen (secondary N) is 1. The Morgan fingerprint density at radius 2 is 1.76 bits per heavy atom. The predicted octanol–water partition coefficient (Wildman–Crippen LogP) is 4.40. The molecule has 0 saturated heterocycles. The molecule has 2 aromatic carbocycles. The van der Waals surface area contributed by atoms with Gasteiger partial charge in [0.2, 0.25) is 0 Å². The molecule has 1 aromatic heterocycles. The molecular weight excluding hydrogens is 353 g/mol. The smallest absolute Gasteiger partial charge is 0.0968 e. The fourth-order valence-electron chi connectivity index (χ4n) is 2.58. The van der Waals surface area contributed by atoms with Gasteiger partial charge in [0.15, 0.2) is 0 Å². The minimum Gasteiger partial charge on any atom is -0.302 e. The van der Waals surface area contributed by atoms with Crippen LogP contribution in [0.2, 0.25) is 5.02 Å². The standard InChI is InChI=1S/C20H18ClN3.ClH/c1-2-12-22-13-18-15-24(14-17-10-6-7-11-19(17)21)23-20(18)16-8-4-3-5-9-16;/h1,3-11,15,22H,12-14H2;1H. The van der Waals surface area contributed by atoms with E-state index in [-0.39, 0.29) is 12.4 Å². The molecule has 0 unspecified atom stereocenters. The Hall–Kier alpha value is -2.25. The van der Waals surface area contributed by atoms with E-state index in [0.29, 0.717) is 19.6 Å². The van der Waals surface area contributed by atoms with Gasteiger partial charge in [0.1, 0.15) is 0 Å². The van der Waals surface area contributed by atoms with Gasteiger partial charge in [-0.25, -0.2) is 0 Å².